The molecule has 0 bridgehead atoms. The van der Waals surface area contributed by atoms with Crippen LogP contribution in [0.25, 0.3) is 0 Å². The number of carbonyl (C=O) groups excluding carboxylic acids is 1. The van der Waals surface area contributed by atoms with Gasteiger partial charge in [-0.2, -0.15) is 0 Å². The van der Waals surface area contributed by atoms with Crippen LogP contribution in [0, 0.1) is 5.92 Å². The summed E-state index contributed by atoms with van der Waals surface area (Å²) in [7, 11) is 0. The second kappa shape index (κ2) is 6.40. The SMILES string of the molecule is CC(C)CC(NC(=O)C(C)N)c1ccccc1. The van der Waals surface area contributed by atoms with Crippen LogP contribution < -0.4 is 11.1 Å². The van der Waals surface area contributed by atoms with E-state index in [2.05, 4.69) is 19.2 Å². The number of nitrogens with one attached hydrogen (secondary N) is 1. The Hall–Kier alpha value is -1.35. The molecule has 0 aromatic heterocycles. The highest BCUT2D eigenvalue weighted by Gasteiger charge is 2.17. The zero-order chi connectivity index (χ0) is 12.8. The molecule has 0 heterocycles. The molecular weight excluding hydrogens is 212 g/mol. The van der Waals surface area contributed by atoms with Crippen molar-refractivity contribution in [3.05, 3.63) is 35.9 Å². The summed E-state index contributed by atoms with van der Waals surface area (Å²) in [6.07, 6.45) is 0.919. The molecule has 1 aromatic carbocycles. The Labute approximate surface area is 103 Å². The van der Waals surface area contributed by atoms with E-state index in [1.807, 2.05) is 30.3 Å². The van der Waals surface area contributed by atoms with E-state index in [4.69, 9.17) is 5.73 Å². The first kappa shape index (κ1) is 13.7. The molecule has 1 aromatic rings. The molecule has 2 unspecified atom stereocenters. The van der Waals surface area contributed by atoms with Gasteiger partial charge in [0.05, 0.1) is 12.1 Å². The van der Waals surface area contributed by atoms with Gasteiger partial charge in [0.2, 0.25) is 5.91 Å². The van der Waals surface area contributed by atoms with Gasteiger partial charge in [0.25, 0.3) is 0 Å². The summed E-state index contributed by atoms with van der Waals surface area (Å²) in [6, 6.07) is 9.61. The number of hydrogen-bond donors (Lipinski definition) is 2. The van der Waals surface area contributed by atoms with Crippen molar-refractivity contribution in [2.24, 2.45) is 11.7 Å². The predicted molar refractivity (Wildman–Crippen MR) is 70.4 cm³/mol. The van der Waals surface area contributed by atoms with Crippen LogP contribution in [0.3, 0.4) is 0 Å². The molecule has 0 saturated heterocycles. The van der Waals surface area contributed by atoms with Crippen LogP contribution in [-0.2, 0) is 4.79 Å². The maximum atomic E-state index is 11.7. The molecule has 2 atom stereocenters. The topological polar surface area (TPSA) is 55.1 Å². The van der Waals surface area contributed by atoms with Crippen molar-refractivity contribution in [3.63, 3.8) is 0 Å². The molecule has 0 spiro atoms. The van der Waals surface area contributed by atoms with Crippen molar-refractivity contribution in [3.8, 4) is 0 Å². The third kappa shape index (κ3) is 4.57. The molecule has 1 amide bonds. The molecule has 3 N–H and O–H groups in total. The van der Waals surface area contributed by atoms with Gasteiger partial charge in [-0.3, -0.25) is 4.79 Å². The fourth-order valence-corrected chi connectivity index (χ4v) is 1.74. The number of amides is 1. The van der Waals surface area contributed by atoms with Gasteiger partial charge in [0.1, 0.15) is 0 Å². The Morgan fingerprint density at radius 2 is 1.82 bits per heavy atom. The van der Waals surface area contributed by atoms with Crippen LogP contribution in [0.15, 0.2) is 30.3 Å². The van der Waals surface area contributed by atoms with Crippen LogP contribution in [0.4, 0.5) is 0 Å². The van der Waals surface area contributed by atoms with Gasteiger partial charge in [0, 0.05) is 0 Å². The Bertz CT molecular complexity index is 346. The van der Waals surface area contributed by atoms with Crippen molar-refractivity contribution in [2.45, 2.75) is 39.3 Å². The maximum Gasteiger partial charge on any atom is 0.237 e. The summed E-state index contributed by atoms with van der Waals surface area (Å²) >= 11 is 0. The first-order valence-corrected chi connectivity index (χ1v) is 6.11. The molecular formula is C14H22N2O. The third-order valence-corrected chi connectivity index (χ3v) is 2.64. The van der Waals surface area contributed by atoms with Crippen LogP contribution in [0.2, 0.25) is 0 Å². The number of hydrogen-bond acceptors (Lipinski definition) is 2. The maximum absolute atomic E-state index is 11.7. The highest BCUT2D eigenvalue weighted by molar-refractivity contribution is 5.81. The number of carbonyl (C=O) groups is 1. The van der Waals surface area contributed by atoms with Gasteiger partial charge in [-0.15, -0.1) is 0 Å². The average Bonchev–Trinajstić information content (AvgIpc) is 2.28. The number of rotatable bonds is 5. The van der Waals surface area contributed by atoms with E-state index in [-0.39, 0.29) is 11.9 Å². The third-order valence-electron chi connectivity index (χ3n) is 2.64. The quantitative estimate of drug-likeness (QED) is 0.821. The van der Waals surface area contributed by atoms with E-state index in [0.717, 1.165) is 12.0 Å². The van der Waals surface area contributed by atoms with Crippen molar-refractivity contribution < 1.29 is 4.79 Å². The van der Waals surface area contributed by atoms with Crippen molar-refractivity contribution >= 4 is 5.91 Å². The summed E-state index contributed by atoms with van der Waals surface area (Å²) in [5.41, 5.74) is 6.72. The smallest absolute Gasteiger partial charge is 0.237 e. The van der Waals surface area contributed by atoms with E-state index < -0.39 is 6.04 Å². The summed E-state index contributed by atoms with van der Waals surface area (Å²) < 4.78 is 0. The monoisotopic (exact) mass is 234 g/mol. The van der Waals surface area contributed by atoms with Crippen LogP contribution in [0.5, 0.6) is 0 Å². The summed E-state index contributed by atoms with van der Waals surface area (Å²) in [5, 5.41) is 3.00. The largest absolute Gasteiger partial charge is 0.348 e. The summed E-state index contributed by atoms with van der Waals surface area (Å²) in [4.78, 5) is 11.7. The van der Waals surface area contributed by atoms with Gasteiger partial charge in [-0.1, -0.05) is 44.2 Å². The lowest BCUT2D eigenvalue weighted by atomic mass is 9.97. The van der Waals surface area contributed by atoms with Gasteiger partial charge in [-0.05, 0) is 24.8 Å². The van der Waals surface area contributed by atoms with Crippen LogP contribution in [-0.4, -0.2) is 11.9 Å². The van der Waals surface area contributed by atoms with Crippen molar-refractivity contribution in [1.82, 2.24) is 5.32 Å². The van der Waals surface area contributed by atoms with Crippen LogP contribution >= 0.6 is 0 Å². The average molecular weight is 234 g/mol. The lowest BCUT2D eigenvalue weighted by Gasteiger charge is -2.22. The highest BCUT2D eigenvalue weighted by Crippen LogP contribution is 2.20. The Balaban J connectivity index is 2.78. The zero-order valence-electron chi connectivity index (χ0n) is 10.8. The Morgan fingerprint density at radius 1 is 1.24 bits per heavy atom. The van der Waals surface area contributed by atoms with E-state index in [1.165, 1.54) is 0 Å². The minimum absolute atomic E-state index is 0.0506. The first-order valence-electron chi connectivity index (χ1n) is 6.11. The van der Waals surface area contributed by atoms with E-state index in [1.54, 1.807) is 6.92 Å². The zero-order valence-corrected chi connectivity index (χ0v) is 10.8. The Morgan fingerprint density at radius 3 is 2.29 bits per heavy atom. The second-order valence-corrected chi connectivity index (χ2v) is 4.89. The fourth-order valence-electron chi connectivity index (χ4n) is 1.74. The lowest BCUT2D eigenvalue weighted by molar-refractivity contribution is -0.122. The Kier molecular flexibility index (Phi) is 5.16. The molecule has 94 valence electrons. The van der Waals surface area contributed by atoms with E-state index in [9.17, 15) is 4.79 Å². The summed E-state index contributed by atoms with van der Waals surface area (Å²) in [6.45, 7) is 5.99. The highest BCUT2D eigenvalue weighted by atomic mass is 16.2. The van der Waals surface area contributed by atoms with Crippen molar-refractivity contribution in [1.29, 1.82) is 0 Å². The normalized spacial score (nSPS) is 14.4. The summed E-state index contributed by atoms with van der Waals surface area (Å²) in [5.74, 6) is 0.424. The second-order valence-electron chi connectivity index (χ2n) is 4.89. The lowest BCUT2D eigenvalue weighted by Crippen LogP contribution is -2.40. The van der Waals surface area contributed by atoms with Gasteiger partial charge in [-0.25, -0.2) is 0 Å². The van der Waals surface area contributed by atoms with Gasteiger partial charge < -0.3 is 11.1 Å². The minimum Gasteiger partial charge on any atom is -0.348 e. The molecule has 0 aliphatic rings. The predicted octanol–water partition coefficient (Wildman–Crippen LogP) is 2.24. The molecule has 17 heavy (non-hydrogen) atoms. The molecule has 1 rings (SSSR count). The minimum atomic E-state index is -0.464. The van der Waals surface area contributed by atoms with Gasteiger partial charge >= 0.3 is 0 Å². The molecule has 0 radical (unpaired) electrons. The fraction of sp³-hybridized carbons (Fsp3) is 0.500. The van der Waals surface area contributed by atoms with Crippen LogP contribution in [0.1, 0.15) is 38.8 Å². The molecule has 3 nitrogen and oxygen atoms in total. The molecule has 0 saturated carbocycles. The number of nitrogens with two attached hydrogens (primary N) is 1. The standard InChI is InChI=1S/C14H22N2O/c1-10(2)9-13(16-14(17)11(3)15)12-7-5-4-6-8-12/h4-8,10-11,13H,9,15H2,1-3H3,(H,16,17). The number of benzene rings is 1. The first-order chi connectivity index (χ1) is 8.00. The molecule has 3 heteroatoms. The van der Waals surface area contributed by atoms with Crippen molar-refractivity contribution in [2.75, 3.05) is 0 Å². The molecule has 0 aliphatic carbocycles. The van der Waals surface area contributed by atoms with E-state index in [0.29, 0.717) is 5.92 Å². The molecule has 0 aliphatic heterocycles. The molecule has 0 fully saturated rings. The van der Waals surface area contributed by atoms with E-state index >= 15 is 0 Å². The van der Waals surface area contributed by atoms with Gasteiger partial charge in [0.15, 0.2) is 0 Å².